The summed E-state index contributed by atoms with van der Waals surface area (Å²) in [5.41, 5.74) is -0.922. The highest BCUT2D eigenvalue weighted by molar-refractivity contribution is 5.68. The molecular weight excluding hydrogens is 277 g/mol. The molecule has 1 aromatic heterocycles. The second kappa shape index (κ2) is 5.56. The van der Waals surface area contributed by atoms with E-state index in [9.17, 15) is 18.0 Å². The number of hydrogen-bond acceptors (Lipinski definition) is 4. The van der Waals surface area contributed by atoms with Crippen LogP contribution < -0.4 is 4.74 Å². The van der Waals surface area contributed by atoms with E-state index in [0.717, 1.165) is 6.07 Å². The lowest BCUT2D eigenvalue weighted by atomic mass is 10.2. The van der Waals surface area contributed by atoms with Gasteiger partial charge in [0.2, 0.25) is 5.88 Å². The van der Waals surface area contributed by atoms with Crippen LogP contribution in [0.2, 0.25) is 0 Å². The van der Waals surface area contributed by atoms with E-state index in [0.29, 0.717) is 0 Å². The zero-order chi connectivity index (χ0) is 14.8. The molecule has 1 saturated heterocycles. The van der Waals surface area contributed by atoms with Gasteiger partial charge in [0, 0.05) is 6.20 Å². The van der Waals surface area contributed by atoms with E-state index in [-0.39, 0.29) is 19.7 Å². The highest BCUT2D eigenvalue weighted by atomic mass is 19.4. The topological polar surface area (TPSA) is 51.7 Å². The average molecular weight is 290 g/mol. The van der Waals surface area contributed by atoms with Crippen molar-refractivity contribution in [3.05, 3.63) is 23.9 Å². The Bertz CT molecular complexity index is 487. The Morgan fingerprint density at radius 2 is 2.20 bits per heavy atom. The van der Waals surface area contributed by atoms with Gasteiger partial charge in [-0.25, -0.2) is 9.78 Å². The number of likely N-dealkylation sites (tertiary alicyclic amines) is 1. The summed E-state index contributed by atoms with van der Waals surface area (Å²) >= 11 is 0. The Labute approximate surface area is 113 Å². The number of carbonyl (C=O) groups is 1. The molecule has 0 saturated carbocycles. The van der Waals surface area contributed by atoms with Crippen molar-refractivity contribution in [2.45, 2.75) is 19.2 Å². The van der Waals surface area contributed by atoms with Gasteiger partial charge in [-0.2, -0.15) is 13.2 Å². The van der Waals surface area contributed by atoms with Crippen LogP contribution in [0.15, 0.2) is 18.3 Å². The molecule has 0 aliphatic carbocycles. The van der Waals surface area contributed by atoms with Crippen LogP contribution in [-0.2, 0) is 10.9 Å². The summed E-state index contributed by atoms with van der Waals surface area (Å²) in [4.78, 5) is 16.2. The molecule has 1 fully saturated rings. The van der Waals surface area contributed by atoms with Gasteiger partial charge in [-0.1, -0.05) is 0 Å². The number of carbonyl (C=O) groups excluding carboxylic acids is 1. The number of alkyl halides is 3. The maximum absolute atomic E-state index is 12.7. The van der Waals surface area contributed by atoms with Crippen molar-refractivity contribution < 1.29 is 27.4 Å². The normalized spacial score (nSPS) is 15.7. The van der Waals surface area contributed by atoms with Crippen LogP contribution in [0.5, 0.6) is 5.88 Å². The van der Waals surface area contributed by atoms with Gasteiger partial charge in [0.15, 0.2) is 0 Å². The standard InChI is InChI=1S/C12H13F3N2O3/c1-2-19-11(18)17-6-8(7-17)20-10-9(12(13,14)15)4-3-5-16-10/h3-5,8H,2,6-7H2,1H3. The van der Waals surface area contributed by atoms with Crippen LogP contribution in [0.1, 0.15) is 12.5 Å². The number of aromatic nitrogens is 1. The van der Waals surface area contributed by atoms with Crippen LogP contribution in [0.4, 0.5) is 18.0 Å². The molecule has 0 spiro atoms. The molecule has 8 heteroatoms. The van der Waals surface area contributed by atoms with Gasteiger partial charge in [-0.15, -0.1) is 0 Å². The predicted octanol–water partition coefficient (Wildman–Crippen LogP) is 2.32. The van der Waals surface area contributed by atoms with E-state index < -0.39 is 29.8 Å². The fraction of sp³-hybridized carbons (Fsp3) is 0.500. The van der Waals surface area contributed by atoms with Gasteiger partial charge in [0.05, 0.1) is 19.7 Å². The van der Waals surface area contributed by atoms with Gasteiger partial charge in [-0.3, -0.25) is 0 Å². The fourth-order valence-electron chi connectivity index (χ4n) is 1.73. The molecule has 0 unspecified atom stereocenters. The zero-order valence-corrected chi connectivity index (χ0v) is 10.7. The Morgan fingerprint density at radius 3 is 2.80 bits per heavy atom. The van der Waals surface area contributed by atoms with Gasteiger partial charge in [0.25, 0.3) is 0 Å². The molecular formula is C12H13F3N2O3. The maximum atomic E-state index is 12.7. The number of hydrogen-bond donors (Lipinski definition) is 0. The molecule has 1 aliphatic rings. The molecule has 2 rings (SSSR count). The first kappa shape index (κ1) is 14.4. The van der Waals surface area contributed by atoms with Crippen LogP contribution in [0, 0.1) is 0 Å². The quantitative estimate of drug-likeness (QED) is 0.857. The third kappa shape index (κ3) is 3.12. The number of pyridine rings is 1. The van der Waals surface area contributed by atoms with E-state index in [1.807, 2.05) is 0 Å². The average Bonchev–Trinajstić information content (AvgIpc) is 2.32. The monoisotopic (exact) mass is 290 g/mol. The molecule has 1 amide bonds. The van der Waals surface area contributed by atoms with E-state index in [1.54, 1.807) is 6.92 Å². The highest BCUT2D eigenvalue weighted by Crippen LogP contribution is 2.35. The molecule has 0 aromatic carbocycles. The van der Waals surface area contributed by atoms with Crippen molar-refractivity contribution in [2.75, 3.05) is 19.7 Å². The van der Waals surface area contributed by atoms with Gasteiger partial charge in [0.1, 0.15) is 11.7 Å². The van der Waals surface area contributed by atoms with Crippen LogP contribution >= 0.6 is 0 Å². The summed E-state index contributed by atoms with van der Waals surface area (Å²) in [6.07, 6.45) is -4.29. The second-order valence-corrected chi connectivity index (χ2v) is 4.20. The lowest BCUT2D eigenvalue weighted by molar-refractivity contribution is -0.140. The molecule has 0 bridgehead atoms. The molecule has 1 aliphatic heterocycles. The first-order valence-corrected chi connectivity index (χ1v) is 6.02. The minimum absolute atomic E-state index is 0.187. The van der Waals surface area contributed by atoms with Crippen molar-refractivity contribution in [1.82, 2.24) is 9.88 Å². The summed E-state index contributed by atoms with van der Waals surface area (Å²) in [5, 5.41) is 0. The van der Waals surface area contributed by atoms with Gasteiger partial charge in [-0.05, 0) is 19.1 Å². The predicted molar refractivity (Wildman–Crippen MR) is 62.3 cm³/mol. The minimum atomic E-state index is -4.52. The van der Waals surface area contributed by atoms with Crippen LogP contribution in [0.3, 0.4) is 0 Å². The third-order valence-electron chi connectivity index (χ3n) is 2.73. The number of amides is 1. The molecule has 0 N–H and O–H groups in total. The Morgan fingerprint density at radius 1 is 1.50 bits per heavy atom. The molecule has 20 heavy (non-hydrogen) atoms. The van der Waals surface area contributed by atoms with E-state index in [1.165, 1.54) is 17.2 Å². The van der Waals surface area contributed by atoms with E-state index >= 15 is 0 Å². The molecule has 110 valence electrons. The SMILES string of the molecule is CCOC(=O)N1CC(Oc2ncccc2C(F)(F)F)C1. The summed E-state index contributed by atoms with van der Waals surface area (Å²) in [7, 11) is 0. The lowest BCUT2D eigenvalue weighted by Crippen LogP contribution is -2.56. The van der Waals surface area contributed by atoms with E-state index in [2.05, 4.69) is 4.98 Å². The maximum Gasteiger partial charge on any atom is 0.421 e. The summed E-state index contributed by atoms with van der Waals surface area (Å²) < 4.78 is 48.1. The zero-order valence-electron chi connectivity index (χ0n) is 10.7. The molecule has 0 radical (unpaired) electrons. The molecule has 0 atom stereocenters. The van der Waals surface area contributed by atoms with Crippen molar-refractivity contribution in [2.24, 2.45) is 0 Å². The highest BCUT2D eigenvalue weighted by Gasteiger charge is 2.38. The number of rotatable bonds is 3. The Kier molecular flexibility index (Phi) is 4.01. The van der Waals surface area contributed by atoms with Crippen molar-refractivity contribution in [1.29, 1.82) is 0 Å². The second-order valence-electron chi connectivity index (χ2n) is 4.20. The first-order chi connectivity index (χ1) is 9.41. The van der Waals surface area contributed by atoms with Crippen molar-refractivity contribution in [3.63, 3.8) is 0 Å². The molecule has 2 heterocycles. The van der Waals surface area contributed by atoms with Gasteiger partial charge < -0.3 is 14.4 Å². The largest absolute Gasteiger partial charge is 0.470 e. The smallest absolute Gasteiger partial charge is 0.421 e. The van der Waals surface area contributed by atoms with Crippen LogP contribution in [-0.4, -0.2) is 41.8 Å². The lowest BCUT2D eigenvalue weighted by Gasteiger charge is -2.37. The Hall–Kier alpha value is -1.99. The number of ether oxygens (including phenoxy) is 2. The summed E-state index contributed by atoms with van der Waals surface area (Å²) in [6.45, 7) is 2.30. The number of nitrogens with zero attached hydrogens (tertiary/aromatic N) is 2. The van der Waals surface area contributed by atoms with E-state index in [4.69, 9.17) is 9.47 Å². The number of halogens is 3. The van der Waals surface area contributed by atoms with Crippen molar-refractivity contribution >= 4 is 6.09 Å². The first-order valence-electron chi connectivity index (χ1n) is 6.02. The Balaban J connectivity index is 1.95. The van der Waals surface area contributed by atoms with Crippen molar-refractivity contribution in [3.8, 4) is 5.88 Å². The van der Waals surface area contributed by atoms with Gasteiger partial charge >= 0.3 is 12.3 Å². The summed E-state index contributed by atoms with van der Waals surface area (Å²) in [5.74, 6) is -0.464. The summed E-state index contributed by atoms with van der Waals surface area (Å²) in [6, 6.07) is 2.10. The van der Waals surface area contributed by atoms with Crippen LogP contribution in [0.25, 0.3) is 0 Å². The minimum Gasteiger partial charge on any atom is -0.470 e. The fourth-order valence-corrected chi connectivity index (χ4v) is 1.73. The third-order valence-corrected chi connectivity index (χ3v) is 2.73. The molecule has 5 nitrogen and oxygen atoms in total. The molecule has 1 aromatic rings.